The summed E-state index contributed by atoms with van der Waals surface area (Å²) in [5.74, 6) is 0.463. The number of hydrogen-bond acceptors (Lipinski definition) is 4. The lowest BCUT2D eigenvalue weighted by Gasteiger charge is -2.36. The fraction of sp³-hybridized carbons (Fsp3) is 0.818. The van der Waals surface area contributed by atoms with Crippen LogP contribution in [0, 0.1) is 5.92 Å². The van der Waals surface area contributed by atoms with Crippen LogP contribution in [-0.2, 0) is 9.59 Å². The van der Waals surface area contributed by atoms with E-state index in [2.05, 4.69) is 5.32 Å². The van der Waals surface area contributed by atoms with Crippen LogP contribution in [0.4, 0.5) is 0 Å². The first-order valence-electron chi connectivity index (χ1n) is 6.02. The van der Waals surface area contributed by atoms with E-state index in [0.717, 1.165) is 25.1 Å². The van der Waals surface area contributed by atoms with E-state index in [1.807, 2.05) is 0 Å². The highest BCUT2D eigenvalue weighted by atomic mass is 32.2. The molecule has 2 N–H and O–H groups in total. The molecule has 2 heterocycles. The second-order valence-corrected chi connectivity index (χ2v) is 5.65. The zero-order chi connectivity index (χ0) is 12.3. The van der Waals surface area contributed by atoms with Crippen molar-refractivity contribution in [3.8, 4) is 0 Å². The van der Waals surface area contributed by atoms with Gasteiger partial charge in [0.15, 0.2) is 0 Å². The van der Waals surface area contributed by atoms with E-state index >= 15 is 0 Å². The van der Waals surface area contributed by atoms with Crippen LogP contribution in [0.2, 0.25) is 0 Å². The summed E-state index contributed by atoms with van der Waals surface area (Å²) in [6.45, 7) is 2.22. The van der Waals surface area contributed by atoms with Gasteiger partial charge in [-0.1, -0.05) is 0 Å². The van der Waals surface area contributed by atoms with Gasteiger partial charge in [-0.2, -0.15) is 11.8 Å². The lowest BCUT2D eigenvalue weighted by Crippen LogP contribution is -2.54. The van der Waals surface area contributed by atoms with Gasteiger partial charge in [0.25, 0.3) is 0 Å². The number of nitrogens with zero attached hydrogens (tertiary/aromatic N) is 1. The van der Waals surface area contributed by atoms with E-state index in [0.29, 0.717) is 18.8 Å². The number of carboxylic acid groups (broad SMARTS) is 1. The fourth-order valence-electron chi connectivity index (χ4n) is 2.37. The second-order valence-electron chi connectivity index (χ2n) is 4.50. The van der Waals surface area contributed by atoms with E-state index in [4.69, 9.17) is 5.11 Å². The first kappa shape index (κ1) is 12.7. The van der Waals surface area contributed by atoms with Crippen LogP contribution in [0.25, 0.3) is 0 Å². The standard InChI is InChI=1S/C11H18N2O3S/c14-10(8-2-1-3-12-6-8)13-4-5-17-7-9(13)11(15)16/h8-9,12H,1-7H2,(H,15,16)/t8-,9?/m0/s1. The zero-order valence-electron chi connectivity index (χ0n) is 9.72. The van der Waals surface area contributed by atoms with Crippen LogP contribution in [0.3, 0.4) is 0 Å². The van der Waals surface area contributed by atoms with Crippen molar-refractivity contribution in [2.45, 2.75) is 18.9 Å². The Morgan fingerprint density at radius 2 is 2.24 bits per heavy atom. The topological polar surface area (TPSA) is 69.6 Å². The van der Waals surface area contributed by atoms with E-state index in [9.17, 15) is 9.59 Å². The number of carbonyl (C=O) groups excluding carboxylic acids is 1. The Hall–Kier alpha value is -0.750. The number of piperidine rings is 1. The Morgan fingerprint density at radius 3 is 2.88 bits per heavy atom. The largest absolute Gasteiger partial charge is 0.480 e. The molecule has 2 rings (SSSR count). The third-order valence-electron chi connectivity index (χ3n) is 3.34. The van der Waals surface area contributed by atoms with Crippen molar-refractivity contribution < 1.29 is 14.7 Å². The molecule has 6 heteroatoms. The summed E-state index contributed by atoms with van der Waals surface area (Å²) >= 11 is 1.61. The molecular weight excluding hydrogens is 240 g/mol. The third-order valence-corrected chi connectivity index (χ3v) is 4.37. The smallest absolute Gasteiger partial charge is 0.327 e. The predicted molar refractivity (Wildman–Crippen MR) is 66.1 cm³/mol. The maximum atomic E-state index is 12.3. The molecule has 2 aliphatic heterocycles. The highest BCUT2D eigenvalue weighted by Crippen LogP contribution is 2.21. The van der Waals surface area contributed by atoms with Gasteiger partial charge in [0.05, 0.1) is 5.92 Å². The van der Waals surface area contributed by atoms with Crippen molar-refractivity contribution in [2.24, 2.45) is 5.92 Å². The number of nitrogens with one attached hydrogen (secondary N) is 1. The summed E-state index contributed by atoms with van der Waals surface area (Å²) < 4.78 is 0. The van der Waals surface area contributed by atoms with Gasteiger partial charge in [-0.15, -0.1) is 0 Å². The highest BCUT2D eigenvalue weighted by molar-refractivity contribution is 7.99. The van der Waals surface area contributed by atoms with E-state index < -0.39 is 12.0 Å². The lowest BCUT2D eigenvalue weighted by atomic mass is 9.97. The van der Waals surface area contributed by atoms with Gasteiger partial charge < -0.3 is 15.3 Å². The van der Waals surface area contributed by atoms with Crippen LogP contribution >= 0.6 is 11.8 Å². The Labute approximate surface area is 105 Å². The van der Waals surface area contributed by atoms with E-state index in [-0.39, 0.29) is 11.8 Å². The summed E-state index contributed by atoms with van der Waals surface area (Å²) in [6, 6.07) is -0.636. The van der Waals surface area contributed by atoms with Crippen LogP contribution < -0.4 is 5.32 Å². The van der Waals surface area contributed by atoms with Gasteiger partial charge in [0.1, 0.15) is 6.04 Å². The van der Waals surface area contributed by atoms with Gasteiger partial charge in [0, 0.05) is 24.6 Å². The number of hydrogen-bond donors (Lipinski definition) is 2. The summed E-state index contributed by atoms with van der Waals surface area (Å²) in [7, 11) is 0. The summed E-state index contributed by atoms with van der Waals surface area (Å²) in [5, 5.41) is 12.3. The van der Waals surface area contributed by atoms with Crippen LogP contribution in [-0.4, -0.2) is 59.1 Å². The van der Waals surface area contributed by atoms with Crippen molar-refractivity contribution in [3.63, 3.8) is 0 Å². The Balaban J connectivity index is 2.02. The second kappa shape index (κ2) is 5.73. The van der Waals surface area contributed by atoms with Crippen LogP contribution in [0.1, 0.15) is 12.8 Å². The molecule has 2 atom stereocenters. The molecule has 96 valence electrons. The number of carbonyl (C=O) groups is 2. The van der Waals surface area contributed by atoms with Crippen molar-refractivity contribution >= 4 is 23.6 Å². The van der Waals surface area contributed by atoms with Gasteiger partial charge in [-0.3, -0.25) is 4.79 Å². The minimum absolute atomic E-state index is 0.0184. The molecule has 0 saturated carbocycles. The third kappa shape index (κ3) is 2.93. The van der Waals surface area contributed by atoms with Gasteiger partial charge in [0.2, 0.25) is 5.91 Å². The molecule has 1 unspecified atom stereocenters. The maximum Gasteiger partial charge on any atom is 0.327 e. The summed E-state index contributed by atoms with van der Waals surface area (Å²) in [5.41, 5.74) is 0. The van der Waals surface area contributed by atoms with Crippen LogP contribution in [0.5, 0.6) is 0 Å². The summed E-state index contributed by atoms with van der Waals surface area (Å²) in [4.78, 5) is 25.0. The molecule has 0 aromatic heterocycles. The highest BCUT2D eigenvalue weighted by Gasteiger charge is 2.35. The maximum absolute atomic E-state index is 12.3. The number of thioether (sulfide) groups is 1. The normalized spacial score (nSPS) is 30.0. The molecule has 2 fully saturated rings. The van der Waals surface area contributed by atoms with E-state index in [1.165, 1.54) is 0 Å². The molecule has 0 bridgehead atoms. The van der Waals surface area contributed by atoms with Crippen LogP contribution in [0.15, 0.2) is 0 Å². The average Bonchev–Trinajstić information content (AvgIpc) is 2.39. The number of carboxylic acids is 1. The molecule has 17 heavy (non-hydrogen) atoms. The van der Waals surface area contributed by atoms with Crippen molar-refractivity contribution in [1.29, 1.82) is 0 Å². The van der Waals surface area contributed by atoms with Crippen molar-refractivity contribution in [2.75, 3.05) is 31.1 Å². The average molecular weight is 258 g/mol. The molecule has 1 amide bonds. The Kier molecular flexibility index (Phi) is 4.28. The number of rotatable bonds is 2. The van der Waals surface area contributed by atoms with Crippen molar-refractivity contribution in [1.82, 2.24) is 10.2 Å². The molecule has 0 aromatic carbocycles. The molecule has 5 nitrogen and oxygen atoms in total. The van der Waals surface area contributed by atoms with Gasteiger partial charge in [-0.05, 0) is 19.4 Å². The Bertz CT molecular complexity index is 305. The van der Waals surface area contributed by atoms with Gasteiger partial charge >= 0.3 is 5.97 Å². The molecular formula is C11H18N2O3S. The quantitative estimate of drug-likeness (QED) is 0.730. The fourth-order valence-corrected chi connectivity index (χ4v) is 3.41. The molecule has 0 aromatic rings. The van der Waals surface area contributed by atoms with E-state index in [1.54, 1.807) is 16.7 Å². The monoisotopic (exact) mass is 258 g/mol. The SMILES string of the molecule is O=C(O)C1CSCCN1C(=O)[C@H]1CCCNC1. The number of amides is 1. The molecule has 2 aliphatic rings. The predicted octanol–water partition coefficient (Wildman–Crippen LogP) is 0.0146. The summed E-state index contributed by atoms with van der Waals surface area (Å²) in [6.07, 6.45) is 1.87. The first-order valence-corrected chi connectivity index (χ1v) is 7.17. The Morgan fingerprint density at radius 1 is 1.41 bits per heavy atom. The minimum Gasteiger partial charge on any atom is -0.480 e. The first-order chi connectivity index (χ1) is 8.20. The number of aliphatic carboxylic acids is 1. The molecule has 0 aliphatic carbocycles. The molecule has 0 spiro atoms. The lowest BCUT2D eigenvalue weighted by molar-refractivity contribution is -0.151. The minimum atomic E-state index is -0.880. The molecule has 0 radical (unpaired) electrons. The molecule has 2 saturated heterocycles. The van der Waals surface area contributed by atoms with Crippen molar-refractivity contribution in [3.05, 3.63) is 0 Å². The van der Waals surface area contributed by atoms with Gasteiger partial charge in [-0.25, -0.2) is 4.79 Å². The zero-order valence-corrected chi connectivity index (χ0v) is 10.5.